The van der Waals surface area contributed by atoms with Crippen LogP contribution in [0.5, 0.6) is 0 Å². The van der Waals surface area contributed by atoms with E-state index in [2.05, 4.69) is 6.92 Å². The number of hydrogen-bond donors (Lipinski definition) is 0. The van der Waals surface area contributed by atoms with Crippen LogP contribution in [-0.2, 0) is 4.74 Å². The average molecular weight is 223 g/mol. The highest BCUT2D eigenvalue weighted by atomic mass is 16.5. The Morgan fingerprint density at radius 1 is 1.56 bits per heavy atom. The van der Waals surface area contributed by atoms with Gasteiger partial charge in [-0.1, -0.05) is 6.92 Å². The minimum atomic E-state index is -0.0325. The first-order valence-corrected chi connectivity index (χ1v) is 5.68. The van der Waals surface area contributed by atoms with E-state index < -0.39 is 0 Å². The number of hydrogen-bond acceptors (Lipinski definition) is 3. The molecule has 0 spiro atoms. The van der Waals surface area contributed by atoms with Crippen LogP contribution < -0.4 is 0 Å². The zero-order valence-electron chi connectivity index (χ0n) is 9.73. The molecule has 4 nitrogen and oxygen atoms in total. The van der Waals surface area contributed by atoms with Crippen LogP contribution in [0, 0.1) is 6.92 Å². The van der Waals surface area contributed by atoms with Gasteiger partial charge in [-0.2, -0.15) is 0 Å². The summed E-state index contributed by atoms with van der Waals surface area (Å²) in [6, 6.07) is 3.54. The Bertz CT molecular complexity index is 372. The number of furan rings is 1. The van der Waals surface area contributed by atoms with Gasteiger partial charge in [-0.25, -0.2) is 0 Å². The zero-order valence-corrected chi connectivity index (χ0v) is 9.73. The van der Waals surface area contributed by atoms with Gasteiger partial charge in [-0.05, 0) is 25.5 Å². The normalized spacial score (nSPS) is 21.1. The summed E-state index contributed by atoms with van der Waals surface area (Å²) in [5, 5.41) is 0. The number of rotatable bonds is 2. The fourth-order valence-corrected chi connectivity index (χ4v) is 1.86. The zero-order chi connectivity index (χ0) is 11.5. The molecular weight excluding hydrogens is 206 g/mol. The third-order valence-corrected chi connectivity index (χ3v) is 2.83. The van der Waals surface area contributed by atoms with Crippen LogP contribution >= 0.6 is 0 Å². The summed E-state index contributed by atoms with van der Waals surface area (Å²) < 4.78 is 10.9. The highest BCUT2D eigenvalue weighted by molar-refractivity contribution is 5.91. The molecule has 2 heterocycles. The number of amides is 1. The van der Waals surface area contributed by atoms with Crippen LogP contribution in [0.1, 0.15) is 29.7 Å². The van der Waals surface area contributed by atoms with Gasteiger partial charge < -0.3 is 14.1 Å². The van der Waals surface area contributed by atoms with Gasteiger partial charge in [0, 0.05) is 13.1 Å². The Balaban J connectivity index is 2.04. The van der Waals surface area contributed by atoms with Crippen molar-refractivity contribution in [3.05, 3.63) is 23.7 Å². The van der Waals surface area contributed by atoms with E-state index in [1.807, 2.05) is 13.0 Å². The lowest BCUT2D eigenvalue weighted by Gasteiger charge is -2.31. The fourth-order valence-electron chi connectivity index (χ4n) is 1.86. The van der Waals surface area contributed by atoms with Crippen molar-refractivity contribution in [3.8, 4) is 0 Å². The molecule has 1 saturated heterocycles. The average Bonchev–Trinajstić information content (AvgIpc) is 2.75. The van der Waals surface area contributed by atoms with Gasteiger partial charge in [-0.15, -0.1) is 0 Å². The SMILES string of the molecule is CCC1CN(C(=O)c2ccc(C)o2)CCO1. The summed E-state index contributed by atoms with van der Waals surface area (Å²) >= 11 is 0. The summed E-state index contributed by atoms with van der Waals surface area (Å²) in [6.45, 7) is 5.83. The van der Waals surface area contributed by atoms with E-state index in [1.54, 1.807) is 11.0 Å². The first-order chi connectivity index (χ1) is 7.70. The minimum absolute atomic E-state index is 0.0325. The minimum Gasteiger partial charge on any atom is -0.456 e. The lowest BCUT2D eigenvalue weighted by atomic mass is 10.2. The molecule has 0 N–H and O–H groups in total. The number of aryl methyl sites for hydroxylation is 1. The summed E-state index contributed by atoms with van der Waals surface area (Å²) in [4.78, 5) is 13.9. The Kier molecular flexibility index (Phi) is 3.29. The topological polar surface area (TPSA) is 42.7 Å². The van der Waals surface area contributed by atoms with Gasteiger partial charge in [0.2, 0.25) is 0 Å². The second-order valence-corrected chi connectivity index (χ2v) is 4.06. The third kappa shape index (κ3) is 2.27. The molecule has 1 aliphatic heterocycles. The molecule has 1 atom stereocenters. The predicted octanol–water partition coefficient (Wildman–Crippen LogP) is 1.84. The molecule has 1 aromatic rings. The molecule has 16 heavy (non-hydrogen) atoms. The van der Waals surface area contributed by atoms with Gasteiger partial charge in [0.25, 0.3) is 5.91 Å². The van der Waals surface area contributed by atoms with Gasteiger partial charge in [0.1, 0.15) is 5.76 Å². The molecule has 0 bridgehead atoms. The molecule has 2 rings (SSSR count). The van der Waals surface area contributed by atoms with Crippen LogP contribution in [0.15, 0.2) is 16.5 Å². The van der Waals surface area contributed by atoms with Gasteiger partial charge in [0.05, 0.1) is 12.7 Å². The molecule has 88 valence electrons. The third-order valence-electron chi connectivity index (χ3n) is 2.83. The van der Waals surface area contributed by atoms with E-state index in [4.69, 9.17) is 9.15 Å². The maximum absolute atomic E-state index is 12.1. The Morgan fingerprint density at radius 2 is 2.38 bits per heavy atom. The van der Waals surface area contributed by atoms with E-state index in [-0.39, 0.29) is 12.0 Å². The number of morpholine rings is 1. The van der Waals surface area contributed by atoms with Crippen LogP contribution in [-0.4, -0.2) is 36.6 Å². The van der Waals surface area contributed by atoms with Crippen LogP contribution in [0.25, 0.3) is 0 Å². The summed E-state index contributed by atoms with van der Waals surface area (Å²) in [5.74, 6) is 1.16. The second kappa shape index (κ2) is 4.70. The molecule has 0 aromatic carbocycles. The van der Waals surface area contributed by atoms with Gasteiger partial charge >= 0.3 is 0 Å². The van der Waals surface area contributed by atoms with E-state index in [9.17, 15) is 4.79 Å². The predicted molar refractivity (Wildman–Crippen MR) is 59.4 cm³/mol. The molecule has 1 fully saturated rings. The van der Waals surface area contributed by atoms with Crippen molar-refractivity contribution in [1.82, 2.24) is 4.90 Å². The number of carbonyl (C=O) groups is 1. The number of nitrogens with zero attached hydrogens (tertiary/aromatic N) is 1. The molecule has 0 saturated carbocycles. The van der Waals surface area contributed by atoms with Crippen molar-refractivity contribution in [2.45, 2.75) is 26.4 Å². The standard InChI is InChI=1S/C12H17NO3/c1-3-10-8-13(6-7-15-10)12(14)11-5-4-9(2)16-11/h4-5,10H,3,6-8H2,1-2H3. The monoisotopic (exact) mass is 223 g/mol. The highest BCUT2D eigenvalue weighted by Gasteiger charge is 2.25. The molecule has 0 radical (unpaired) electrons. The molecule has 1 aliphatic rings. The molecule has 1 amide bonds. The van der Waals surface area contributed by atoms with E-state index in [0.29, 0.717) is 25.5 Å². The molecule has 4 heteroatoms. The summed E-state index contributed by atoms with van der Waals surface area (Å²) in [6.07, 6.45) is 1.09. The summed E-state index contributed by atoms with van der Waals surface area (Å²) in [7, 11) is 0. The van der Waals surface area contributed by atoms with Crippen LogP contribution in [0.4, 0.5) is 0 Å². The first-order valence-electron chi connectivity index (χ1n) is 5.68. The maximum Gasteiger partial charge on any atom is 0.289 e. The first kappa shape index (κ1) is 11.2. The fraction of sp³-hybridized carbons (Fsp3) is 0.583. The lowest BCUT2D eigenvalue weighted by Crippen LogP contribution is -2.45. The van der Waals surface area contributed by atoms with Gasteiger partial charge in [0.15, 0.2) is 5.76 Å². The van der Waals surface area contributed by atoms with Crippen molar-refractivity contribution in [3.63, 3.8) is 0 Å². The smallest absolute Gasteiger partial charge is 0.289 e. The largest absolute Gasteiger partial charge is 0.456 e. The second-order valence-electron chi connectivity index (χ2n) is 4.06. The van der Waals surface area contributed by atoms with Crippen molar-refractivity contribution in [2.75, 3.05) is 19.7 Å². The quantitative estimate of drug-likeness (QED) is 0.768. The molecule has 1 aromatic heterocycles. The maximum atomic E-state index is 12.1. The van der Waals surface area contributed by atoms with Crippen molar-refractivity contribution < 1.29 is 13.9 Å². The number of carbonyl (C=O) groups excluding carboxylic acids is 1. The van der Waals surface area contributed by atoms with Crippen LogP contribution in [0.3, 0.4) is 0 Å². The Morgan fingerprint density at radius 3 is 3.00 bits per heavy atom. The molecule has 1 unspecified atom stereocenters. The Hall–Kier alpha value is -1.29. The lowest BCUT2D eigenvalue weighted by molar-refractivity contribution is -0.0235. The van der Waals surface area contributed by atoms with E-state index in [0.717, 1.165) is 12.2 Å². The van der Waals surface area contributed by atoms with Crippen molar-refractivity contribution in [2.24, 2.45) is 0 Å². The number of ether oxygens (including phenoxy) is 1. The molecular formula is C12H17NO3. The Labute approximate surface area is 95.2 Å². The van der Waals surface area contributed by atoms with E-state index in [1.165, 1.54) is 0 Å². The highest BCUT2D eigenvalue weighted by Crippen LogP contribution is 2.14. The summed E-state index contributed by atoms with van der Waals surface area (Å²) in [5.41, 5.74) is 0. The van der Waals surface area contributed by atoms with Crippen molar-refractivity contribution in [1.29, 1.82) is 0 Å². The van der Waals surface area contributed by atoms with Gasteiger partial charge in [-0.3, -0.25) is 4.79 Å². The van der Waals surface area contributed by atoms with E-state index >= 15 is 0 Å². The molecule has 0 aliphatic carbocycles. The van der Waals surface area contributed by atoms with Crippen LogP contribution in [0.2, 0.25) is 0 Å². The van der Waals surface area contributed by atoms with Crippen molar-refractivity contribution >= 4 is 5.91 Å².